The van der Waals surface area contributed by atoms with Gasteiger partial charge in [0.15, 0.2) is 0 Å². The Morgan fingerprint density at radius 1 is 1.41 bits per heavy atom. The Morgan fingerprint density at radius 2 is 2.06 bits per heavy atom. The van der Waals surface area contributed by atoms with Crippen LogP contribution in [0.1, 0.15) is 18.5 Å². The smallest absolute Gasteiger partial charge is 0.127 e. The van der Waals surface area contributed by atoms with Crippen molar-refractivity contribution in [2.45, 2.75) is 19.1 Å². The van der Waals surface area contributed by atoms with Crippen molar-refractivity contribution >= 4 is 0 Å². The first-order valence-corrected chi connectivity index (χ1v) is 5.68. The van der Waals surface area contributed by atoms with Crippen LogP contribution in [0.4, 0.5) is 4.39 Å². The minimum atomic E-state index is -0.556. The van der Waals surface area contributed by atoms with Crippen LogP contribution < -0.4 is 0 Å². The molecule has 0 spiro atoms. The highest BCUT2D eigenvalue weighted by Crippen LogP contribution is 2.21. The zero-order valence-electron chi connectivity index (χ0n) is 10.6. The highest BCUT2D eigenvalue weighted by Gasteiger charge is 2.17. The molecule has 0 unspecified atom stereocenters. The molecule has 0 aliphatic carbocycles. The Bertz CT molecular complexity index is 346. The van der Waals surface area contributed by atoms with Gasteiger partial charge in [-0.3, -0.25) is 4.90 Å². The van der Waals surface area contributed by atoms with E-state index in [1.807, 2.05) is 24.9 Å². The summed E-state index contributed by atoms with van der Waals surface area (Å²) in [6, 6.07) is 6.62. The molecule has 0 saturated heterocycles. The maximum absolute atomic E-state index is 13.6. The number of methoxy groups -OCH3 is 1. The number of nitrogens with zero attached hydrogens (tertiary/aromatic N) is 1. The average Bonchev–Trinajstić information content (AvgIpc) is 2.29. The summed E-state index contributed by atoms with van der Waals surface area (Å²) >= 11 is 0. The van der Waals surface area contributed by atoms with Gasteiger partial charge in [0.25, 0.3) is 0 Å². The minimum absolute atomic E-state index is 0.0808. The van der Waals surface area contributed by atoms with Gasteiger partial charge < -0.3 is 9.84 Å². The number of benzene rings is 1. The lowest BCUT2D eigenvalue weighted by Crippen LogP contribution is -2.34. The molecule has 2 atom stereocenters. The van der Waals surface area contributed by atoms with Crippen molar-refractivity contribution in [3.05, 3.63) is 35.6 Å². The Labute approximate surface area is 102 Å². The third-order valence-corrected chi connectivity index (χ3v) is 2.87. The van der Waals surface area contributed by atoms with Crippen LogP contribution in [0, 0.1) is 5.82 Å². The lowest BCUT2D eigenvalue weighted by Gasteiger charge is -2.27. The van der Waals surface area contributed by atoms with E-state index in [4.69, 9.17) is 4.74 Å². The first kappa shape index (κ1) is 14.1. The SMILES string of the molecule is COC[C@H](O)CN(C)[C@H](C)c1ccccc1F. The molecule has 0 saturated carbocycles. The molecule has 1 rings (SSSR count). The van der Waals surface area contributed by atoms with Crippen molar-refractivity contribution in [3.63, 3.8) is 0 Å². The number of aliphatic hydroxyl groups is 1. The first-order chi connectivity index (χ1) is 8.06. The highest BCUT2D eigenvalue weighted by molar-refractivity contribution is 5.20. The van der Waals surface area contributed by atoms with Crippen LogP contribution in [0.2, 0.25) is 0 Å². The van der Waals surface area contributed by atoms with Crippen LogP contribution >= 0.6 is 0 Å². The van der Waals surface area contributed by atoms with E-state index in [1.165, 1.54) is 6.07 Å². The largest absolute Gasteiger partial charge is 0.389 e. The van der Waals surface area contributed by atoms with Crippen LogP contribution in [0.5, 0.6) is 0 Å². The van der Waals surface area contributed by atoms with Gasteiger partial charge in [-0.1, -0.05) is 18.2 Å². The molecule has 1 aromatic carbocycles. The Kier molecular flexibility index (Phi) is 5.55. The van der Waals surface area contributed by atoms with Crippen molar-refractivity contribution in [1.29, 1.82) is 0 Å². The monoisotopic (exact) mass is 241 g/mol. The summed E-state index contributed by atoms with van der Waals surface area (Å²) in [6.07, 6.45) is -0.556. The summed E-state index contributed by atoms with van der Waals surface area (Å²) in [5, 5.41) is 9.62. The van der Waals surface area contributed by atoms with E-state index in [-0.39, 0.29) is 18.5 Å². The lowest BCUT2D eigenvalue weighted by atomic mass is 10.1. The van der Waals surface area contributed by atoms with E-state index in [0.29, 0.717) is 12.1 Å². The molecule has 1 N–H and O–H groups in total. The summed E-state index contributed by atoms with van der Waals surface area (Å²) in [7, 11) is 3.40. The molecule has 0 aliphatic heterocycles. The van der Waals surface area contributed by atoms with Crippen molar-refractivity contribution < 1.29 is 14.2 Å². The van der Waals surface area contributed by atoms with E-state index < -0.39 is 6.10 Å². The van der Waals surface area contributed by atoms with Crippen molar-refractivity contribution in [2.24, 2.45) is 0 Å². The maximum atomic E-state index is 13.6. The summed E-state index contributed by atoms with van der Waals surface area (Å²) < 4.78 is 18.4. The van der Waals surface area contributed by atoms with Gasteiger partial charge >= 0.3 is 0 Å². The molecule has 3 nitrogen and oxygen atoms in total. The zero-order chi connectivity index (χ0) is 12.8. The average molecular weight is 241 g/mol. The van der Waals surface area contributed by atoms with E-state index in [9.17, 15) is 9.50 Å². The number of likely N-dealkylation sites (N-methyl/N-ethyl adjacent to an activating group) is 1. The lowest BCUT2D eigenvalue weighted by molar-refractivity contribution is 0.0354. The molecule has 4 heteroatoms. The van der Waals surface area contributed by atoms with Gasteiger partial charge in [0.2, 0.25) is 0 Å². The molecular weight excluding hydrogens is 221 g/mol. The second-order valence-corrected chi connectivity index (χ2v) is 4.25. The number of hydrogen-bond donors (Lipinski definition) is 1. The number of aliphatic hydroxyl groups excluding tert-OH is 1. The zero-order valence-corrected chi connectivity index (χ0v) is 10.6. The maximum Gasteiger partial charge on any atom is 0.127 e. The van der Waals surface area contributed by atoms with Crippen LogP contribution in [-0.4, -0.2) is 43.4 Å². The molecule has 0 aliphatic rings. The Hall–Kier alpha value is -0.970. The third kappa shape index (κ3) is 4.07. The predicted molar refractivity (Wildman–Crippen MR) is 65.3 cm³/mol. The van der Waals surface area contributed by atoms with E-state index in [0.717, 1.165) is 0 Å². The summed E-state index contributed by atoms with van der Waals surface area (Å²) in [5.74, 6) is -0.215. The van der Waals surface area contributed by atoms with E-state index in [1.54, 1.807) is 19.2 Å². The fourth-order valence-corrected chi connectivity index (χ4v) is 1.79. The van der Waals surface area contributed by atoms with Gasteiger partial charge in [-0.25, -0.2) is 4.39 Å². The van der Waals surface area contributed by atoms with E-state index in [2.05, 4.69) is 0 Å². The van der Waals surface area contributed by atoms with Gasteiger partial charge in [0.1, 0.15) is 5.82 Å². The van der Waals surface area contributed by atoms with Gasteiger partial charge in [0, 0.05) is 25.3 Å². The number of ether oxygens (including phenoxy) is 1. The topological polar surface area (TPSA) is 32.7 Å². The predicted octanol–water partition coefficient (Wildman–Crippen LogP) is 1.83. The van der Waals surface area contributed by atoms with Crippen LogP contribution in [0.3, 0.4) is 0 Å². The second-order valence-electron chi connectivity index (χ2n) is 4.25. The number of hydrogen-bond acceptors (Lipinski definition) is 3. The quantitative estimate of drug-likeness (QED) is 0.824. The fraction of sp³-hybridized carbons (Fsp3) is 0.538. The number of rotatable bonds is 6. The molecule has 0 bridgehead atoms. The molecule has 0 aromatic heterocycles. The summed E-state index contributed by atoms with van der Waals surface area (Å²) in [6.45, 7) is 2.65. The summed E-state index contributed by atoms with van der Waals surface area (Å²) in [5.41, 5.74) is 0.639. The highest BCUT2D eigenvalue weighted by atomic mass is 19.1. The normalized spacial score (nSPS) is 14.9. The molecule has 17 heavy (non-hydrogen) atoms. The standard InChI is InChI=1S/C13H20FNO2/c1-10(12-6-4-5-7-13(12)14)15(2)8-11(16)9-17-3/h4-7,10-11,16H,8-9H2,1-3H3/t10-,11-/m1/s1. The second kappa shape index (κ2) is 6.69. The van der Waals surface area contributed by atoms with Crippen LogP contribution in [0.15, 0.2) is 24.3 Å². The van der Waals surface area contributed by atoms with Gasteiger partial charge in [-0.2, -0.15) is 0 Å². The Morgan fingerprint density at radius 3 is 2.65 bits per heavy atom. The van der Waals surface area contributed by atoms with Gasteiger partial charge in [-0.15, -0.1) is 0 Å². The van der Waals surface area contributed by atoms with Gasteiger partial charge in [0.05, 0.1) is 12.7 Å². The molecule has 0 heterocycles. The molecule has 1 aromatic rings. The van der Waals surface area contributed by atoms with Crippen molar-refractivity contribution in [3.8, 4) is 0 Å². The molecule has 96 valence electrons. The third-order valence-electron chi connectivity index (χ3n) is 2.87. The number of halogens is 1. The van der Waals surface area contributed by atoms with Crippen LogP contribution in [-0.2, 0) is 4.74 Å². The molecular formula is C13H20FNO2. The molecule has 0 amide bonds. The van der Waals surface area contributed by atoms with E-state index >= 15 is 0 Å². The van der Waals surface area contributed by atoms with Crippen molar-refractivity contribution in [1.82, 2.24) is 4.90 Å². The van der Waals surface area contributed by atoms with Gasteiger partial charge in [-0.05, 0) is 20.0 Å². The summed E-state index contributed by atoms with van der Waals surface area (Å²) in [4.78, 5) is 1.90. The fourth-order valence-electron chi connectivity index (χ4n) is 1.79. The van der Waals surface area contributed by atoms with Crippen molar-refractivity contribution in [2.75, 3.05) is 27.3 Å². The minimum Gasteiger partial charge on any atom is -0.389 e. The molecule has 0 fully saturated rings. The van der Waals surface area contributed by atoms with Crippen LogP contribution in [0.25, 0.3) is 0 Å². The molecule has 0 radical (unpaired) electrons. The first-order valence-electron chi connectivity index (χ1n) is 5.68. The Balaban J connectivity index is 2.63.